The molecule has 3 N–H and O–H groups in total. The topological polar surface area (TPSA) is 49.0 Å². The zero-order valence-electron chi connectivity index (χ0n) is 63.7. The molecule has 0 saturated carbocycles. The molecule has 0 amide bonds. The van der Waals surface area contributed by atoms with Gasteiger partial charge in [0.15, 0.2) is 0 Å². The van der Waals surface area contributed by atoms with Crippen LogP contribution in [0.15, 0.2) is 455 Å². The zero-order valence-corrected chi connectivity index (χ0v) is 63.7. The van der Waals surface area contributed by atoms with E-state index in [4.69, 9.17) is 4.98 Å². The third kappa shape index (κ3) is 11.4. The van der Waals surface area contributed by atoms with Crippen molar-refractivity contribution in [2.45, 2.75) is 16.2 Å². The van der Waals surface area contributed by atoms with Crippen LogP contribution in [0.25, 0.3) is 88.4 Å². The fourth-order valence-electron chi connectivity index (χ4n) is 19.5. The maximum absolute atomic E-state index is 4.91. The first-order valence-electron chi connectivity index (χ1n) is 40.0. The van der Waals surface area contributed by atoms with Crippen LogP contribution in [-0.2, 0) is 16.2 Å². The number of hydrogen-bond acceptors (Lipinski definition) is 4. The lowest BCUT2D eigenvalue weighted by atomic mass is 9.67. The summed E-state index contributed by atoms with van der Waals surface area (Å²) in [6.45, 7) is 0. The maximum Gasteiger partial charge on any atom is 0.0781 e. The number of para-hydroxylation sites is 1. The molecule has 4 nitrogen and oxygen atoms in total. The number of pyridine rings is 1. The van der Waals surface area contributed by atoms with Crippen molar-refractivity contribution < 1.29 is 0 Å². The van der Waals surface area contributed by atoms with E-state index in [1.165, 1.54) is 144 Å². The maximum atomic E-state index is 4.91. The van der Waals surface area contributed by atoms with Crippen LogP contribution in [0.1, 0.15) is 66.8 Å². The van der Waals surface area contributed by atoms with Crippen LogP contribution >= 0.6 is 0 Å². The lowest BCUT2D eigenvalue weighted by Crippen LogP contribution is -2.28. The molecule has 0 aliphatic heterocycles. The molecule has 546 valence electrons. The number of anilines is 6. The minimum atomic E-state index is -0.490. The first-order valence-corrected chi connectivity index (χ1v) is 40.0. The second-order valence-corrected chi connectivity index (χ2v) is 30.5. The number of nitrogens with one attached hydrogen (secondary N) is 3. The fraction of sp³-hybridized carbons (Fsp3) is 0.0268. The van der Waals surface area contributed by atoms with Gasteiger partial charge in [-0.25, -0.2) is 0 Å². The molecule has 19 aromatic rings. The Morgan fingerprint density at radius 3 is 1.09 bits per heavy atom. The summed E-state index contributed by atoms with van der Waals surface area (Å²) in [5.74, 6) is 0. The summed E-state index contributed by atoms with van der Waals surface area (Å²) < 4.78 is 0. The van der Waals surface area contributed by atoms with Gasteiger partial charge in [-0.15, -0.1) is 0 Å². The molecule has 18 aromatic carbocycles. The number of benzene rings is 18. The van der Waals surface area contributed by atoms with Gasteiger partial charge >= 0.3 is 0 Å². The number of hydrogen-bond donors (Lipinski definition) is 3. The van der Waals surface area contributed by atoms with E-state index in [9.17, 15) is 0 Å². The summed E-state index contributed by atoms with van der Waals surface area (Å²) in [7, 11) is 0. The minimum Gasteiger partial charge on any atom is -0.356 e. The quantitative estimate of drug-likeness (QED) is 0.107. The van der Waals surface area contributed by atoms with E-state index in [0.717, 1.165) is 45.0 Å². The van der Waals surface area contributed by atoms with E-state index in [-0.39, 0.29) is 5.41 Å². The van der Waals surface area contributed by atoms with Crippen LogP contribution < -0.4 is 16.0 Å². The molecule has 4 aliphatic rings. The lowest BCUT2D eigenvalue weighted by Gasteiger charge is -2.34. The van der Waals surface area contributed by atoms with Crippen molar-refractivity contribution in [3.8, 4) is 66.8 Å². The lowest BCUT2D eigenvalue weighted by molar-refractivity contribution is 0.768. The molecule has 0 atom stereocenters. The van der Waals surface area contributed by atoms with Gasteiger partial charge in [-0.1, -0.05) is 382 Å². The molecule has 0 fully saturated rings. The molecular formula is C112H78N4. The smallest absolute Gasteiger partial charge is 0.0781 e. The molecule has 4 aliphatic carbocycles. The van der Waals surface area contributed by atoms with Gasteiger partial charge in [-0.2, -0.15) is 0 Å². The van der Waals surface area contributed by atoms with Crippen molar-refractivity contribution in [3.05, 3.63) is 522 Å². The molecule has 23 rings (SSSR count). The largest absolute Gasteiger partial charge is 0.356 e. The third-order valence-corrected chi connectivity index (χ3v) is 24.3. The van der Waals surface area contributed by atoms with Crippen LogP contribution in [0.4, 0.5) is 34.1 Å². The molecule has 0 unspecified atom stereocenters. The molecule has 1 spiro atoms. The highest BCUT2D eigenvalue weighted by molar-refractivity contribution is 6.06. The summed E-state index contributed by atoms with van der Waals surface area (Å²) in [6, 6.07) is 162. The monoisotopic (exact) mass is 1480 g/mol. The van der Waals surface area contributed by atoms with E-state index < -0.39 is 10.8 Å². The van der Waals surface area contributed by atoms with Crippen molar-refractivity contribution in [2.24, 2.45) is 0 Å². The second-order valence-electron chi connectivity index (χ2n) is 30.5. The highest BCUT2D eigenvalue weighted by Crippen LogP contribution is 2.64. The summed E-state index contributed by atoms with van der Waals surface area (Å²) in [5.41, 5.74) is 37.3. The van der Waals surface area contributed by atoms with Crippen molar-refractivity contribution in [1.29, 1.82) is 0 Å². The van der Waals surface area contributed by atoms with E-state index in [0.29, 0.717) is 0 Å². The molecule has 4 heteroatoms. The van der Waals surface area contributed by atoms with Crippen molar-refractivity contribution >= 4 is 55.8 Å². The van der Waals surface area contributed by atoms with Gasteiger partial charge in [-0.3, -0.25) is 4.98 Å². The highest BCUT2D eigenvalue weighted by Gasteiger charge is 2.52. The van der Waals surface area contributed by atoms with Crippen LogP contribution in [0.5, 0.6) is 0 Å². The van der Waals surface area contributed by atoms with Gasteiger partial charge in [0.2, 0.25) is 0 Å². The Labute approximate surface area is 677 Å². The SMILES string of the molecule is c1ccc(-c2ccc3c(c2)C(c2ccccc2)(c2ccccc2)c2cc(Nc4cnc5c(ccc6ccccc65)c4)ccc2-3)cc1.c1ccc(-c2cccc(Nc3cccc4c3-c3ccccc3C4(c3ccccc3)c3ccccc3)c2)cc1.c1ccc(Nc2ccc3c(c2)C2(c4ccccc4-c4ccccc42)c2ccccc2-3)cc1. The van der Waals surface area contributed by atoms with Crippen molar-refractivity contribution in [3.63, 3.8) is 0 Å². The van der Waals surface area contributed by atoms with E-state index >= 15 is 0 Å². The number of aromatic nitrogens is 1. The zero-order chi connectivity index (χ0) is 77.0. The van der Waals surface area contributed by atoms with Crippen LogP contribution in [0.2, 0.25) is 0 Å². The summed E-state index contributed by atoms with van der Waals surface area (Å²) in [6.07, 6.45) is 1.95. The summed E-state index contributed by atoms with van der Waals surface area (Å²) in [4.78, 5) is 4.91. The second kappa shape index (κ2) is 29.0. The molecule has 116 heavy (non-hydrogen) atoms. The highest BCUT2D eigenvalue weighted by atomic mass is 14.9. The molecular weight excluding hydrogens is 1400 g/mol. The first-order chi connectivity index (χ1) is 57.5. The average Bonchev–Trinajstić information content (AvgIpc) is 1.52. The predicted octanol–water partition coefficient (Wildman–Crippen LogP) is 28.4. The van der Waals surface area contributed by atoms with Crippen LogP contribution in [0, 0.1) is 0 Å². The van der Waals surface area contributed by atoms with E-state index in [2.05, 4.69) is 459 Å². The Morgan fingerprint density at radius 1 is 0.190 bits per heavy atom. The number of fused-ring (bicyclic) bond motifs is 19. The van der Waals surface area contributed by atoms with Gasteiger partial charge in [-0.05, 0) is 200 Å². The molecule has 1 heterocycles. The van der Waals surface area contributed by atoms with Crippen LogP contribution in [-0.4, -0.2) is 4.98 Å². The fourth-order valence-corrected chi connectivity index (χ4v) is 19.5. The number of nitrogens with zero attached hydrogens (tertiary/aromatic N) is 1. The minimum absolute atomic E-state index is 0.284. The Bertz CT molecular complexity index is 6760. The standard InChI is InChI=1S/C44H30N2.C37H27N.C31H21N/c1-4-12-30(13-5-1)32-22-24-39-40-25-23-36(46-37-26-33-21-20-31-14-10-11-19-38(31)43(33)45-29-37)28-42(40)44(41(39)27-32,34-15-6-2-7-16-34)35-17-8-3-9-18-35;1-4-14-27(15-5-1)28-16-12-21-31(26-28)38-35-25-13-24-34-36(35)32-22-10-11-23-33(32)37(34,29-17-6-2-7-18-29)30-19-8-3-9-20-30;1-2-10-21(11-3-1)32-22-18-19-26-25-14-6-9-17-29(25)31(30(26)20-22)27-15-7-4-12-23(27)24-13-5-8-16-28(24)31/h1-29,46H;1-26,38H;1-20,32H. The molecule has 0 radical (unpaired) electrons. The van der Waals surface area contributed by atoms with Gasteiger partial charge < -0.3 is 16.0 Å². The van der Waals surface area contributed by atoms with Crippen molar-refractivity contribution in [1.82, 2.24) is 4.98 Å². The van der Waals surface area contributed by atoms with Gasteiger partial charge in [0.1, 0.15) is 0 Å². The molecule has 1 aromatic heterocycles. The normalized spacial score (nSPS) is 13.2. The Morgan fingerprint density at radius 2 is 0.552 bits per heavy atom. The van der Waals surface area contributed by atoms with Crippen LogP contribution in [0.3, 0.4) is 0 Å². The average molecular weight is 1480 g/mol. The molecule has 0 bridgehead atoms. The van der Waals surface area contributed by atoms with E-state index in [1.54, 1.807) is 0 Å². The van der Waals surface area contributed by atoms with Gasteiger partial charge in [0.05, 0.1) is 33.6 Å². The number of rotatable bonds is 12. The third-order valence-electron chi connectivity index (χ3n) is 24.3. The summed E-state index contributed by atoms with van der Waals surface area (Å²) >= 11 is 0. The Hall–Kier alpha value is -15.0. The Kier molecular flexibility index (Phi) is 17.2. The molecule has 0 saturated heterocycles. The predicted molar refractivity (Wildman–Crippen MR) is 483 cm³/mol. The first kappa shape index (κ1) is 69.0. The summed E-state index contributed by atoms with van der Waals surface area (Å²) in [5, 5.41) is 14.6. The van der Waals surface area contributed by atoms with Gasteiger partial charge in [0.25, 0.3) is 0 Å². The Balaban J connectivity index is 0.000000111. The van der Waals surface area contributed by atoms with Crippen molar-refractivity contribution in [2.75, 3.05) is 16.0 Å². The van der Waals surface area contributed by atoms with E-state index in [1.807, 2.05) is 12.3 Å². The van der Waals surface area contributed by atoms with Gasteiger partial charge in [0, 0.05) is 44.8 Å².